The number of hydrogen-bond acceptors (Lipinski definition) is 4. The Labute approximate surface area is 188 Å². The molecular formula is C27H27NO4. The van der Waals surface area contributed by atoms with Gasteiger partial charge in [-0.05, 0) is 41.7 Å². The van der Waals surface area contributed by atoms with E-state index in [1.165, 1.54) is 18.1 Å². The summed E-state index contributed by atoms with van der Waals surface area (Å²) < 4.78 is 10.7. The maximum atomic E-state index is 12.6. The second-order valence-corrected chi connectivity index (χ2v) is 7.98. The van der Waals surface area contributed by atoms with Crippen molar-refractivity contribution in [3.63, 3.8) is 0 Å². The molecule has 1 aliphatic rings. The molecule has 1 heterocycles. The summed E-state index contributed by atoms with van der Waals surface area (Å²) in [4.78, 5) is 25.7. The summed E-state index contributed by atoms with van der Waals surface area (Å²) in [5, 5.41) is 0. The summed E-state index contributed by atoms with van der Waals surface area (Å²) in [7, 11) is 0. The van der Waals surface area contributed by atoms with Crippen LogP contribution in [-0.2, 0) is 16.0 Å². The number of carbonyl (C=O) groups excluding carboxylic acids is 2. The van der Waals surface area contributed by atoms with E-state index in [0.29, 0.717) is 18.9 Å². The molecule has 0 aromatic heterocycles. The van der Waals surface area contributed by atoms with E-state index >= 15 is 0 Å². The van der Waals surface area contributed by atoms with Crippen molar-refractivity contribution in [1.29, 1.82) is 0 Å². The molecule has 0 bridgehead atoms. The second kappa shape index (κ2) is 10.1. The maximum absolute atomic E-state index is 12.6. The predicted octanol–water partition coefficient (Wildman–Crippen LogP) is 5.20. The van der Waals surface area contributed by atoms with Gasteiger partial charge in [-0.15, -0.1) is 0 Å². The van der Waals surface area contributed by atoms with Gasteiger partial charge in [0.25, 0.3) is 0 Å². The zero-order chi connectivity index (χ0) is 22.3. The molecule has 1 atom stereocenters. The number of aryl methyl sites for hydroxylation is 1. The van der Waals surface area contributed by atoms with Crippen LogP contribution in [0.3, 0.4) is 0 Å². The summed E-state index contributed by atoms with van der Waals surface area (Å²) >= 11 is 0. The number of esters is 1. The summed E-state index contributed by atoms with van der Waals surface area (Å²) in [5.41, 5.74) is 3.40. The quantitative estimate of drug-likeness (QED) is 0.365. The van der Waals surface area contributed by atoms with Crippen LogP contribution in [0.1, 0.15) is 36.0 Å². The van der Waals surface area contributed by atoms with Crippen molar-refractivity contribution in [2.45, 2.75) is 31.7 Å². The molecule has 1 unspecified atom stereocenters. The van der Waals surface area contributed by atoms with Crippen molar-refractivity contribution in [2.75, 3.05) is 13.2 Å². The van der Waals surface area contributed by atoms with E-state index in [-0.39, 0.29) is 24.0 Å². The number of amides is 1. The molecule has 5 nitrogen and oxygen atoms in total. The zero-order valence-corrected chi connectivity index (χ0v) is 18.1. The first-order valence-electron chi connectivity index (χ1n) is 10.9. The van der Waals surface area contributed by atoms with Crippen molar-refractivity contribution in [3.8, 4) is 5.75 Å². The highest BCUT2D eigenvalue weighted by Gasteiger charge is 2.39. The van der Waals surface area contributed by atoms with E-state index in [4.69, 9.17) is 9.47 Å². The van der Waals surface area contributed by atoms with Crippen LogP contribution in [0.4, 0.5) is 4.79 Å². The Morgan fingerprint density at radius 2 is 1.66 bits per heavy atom. The van der Waals surface area contributed by atoms with Crippen LogP contribution >= 0.6 is 0 Å². The Kier molecular flexibility index (Phi) is 6.85. The van der Waals surface area contributed by atoms with Crippen molar-refractivity contribution in [1.82, 2.24) is 4.90 Å². The van der Waals surface area contributed by atoms with Crippen LogP contribution in [0.15, 0.2) is 84.9 Å². The molecule has 0 N–H and O–H groups in total. The molecule has 3 aromatic carbocycles. The first-order valence-corrected chi connectivity index (χ1v) is 10.9. The second-order valence-electron chi connectivity index (χ2n) is 7.98. The minimum atomic E-state index is -0.335. The molecule has 1 fully saturated rings. The number of carbonyl (C=O) groups is 2. The van der Waals surface area contributed by atoms with E-state index in [0.717, 1.165) is 18.4 Å². The zero-order valence-electron chi connectivity index (χ0n) is 18.1. The molecule has 0 radical (unpaired) electrons. The van der Waals surface area contributed by atoms with Crippen LogP contribution < -0.4 is 4.74 Å². The Balaban J connectivity index is 1.49. The van der Waals surface area contributed by atoms with E-state index < -0.39 is 0 Å². The minimum absolute atomic E-state index is 0.0381. The normalized spacial score (nSPS) is 15.6. The maximum Gasteiger partial charge on any atom is 0.410 e. The highest BCUT2D eigenvalue weighted by Crippen LogP contribution is 2.34. The number of nitrogens with zero attached hydrogens (tertiary/aromatic N) is 1. The first-order chi connectivity index (χ1) is 15.6. The lowest BCUT2D eigenvalue weighted by Crippen LogP contribution is -2.39. The minimum Gasteiger partial charge on any atom is -0.447 e. The van der Waals surface area contributed by atoms with Crippen LogP contribution in [0.5, 0.6) is 5.75 Å². The molecule has 0 aliphatic carbocycles. The van der Waals surface area contributed by atoms with E-state index in [9.17, 15) is 9.59 Å². The van der Waals surface area contributed by atoms with Crippen molar-refractivity contribution in [3.05, 3.63) is 102 Å². The highest BCUT2D eigenvalue weighted by molar-refractivity contribution is 5.71. The topological polar surface area (TPSA) is 55.8 Å². The molecule has 1 aliphatic heterocycles. The van der Waals surface area contributed by atoms with Gasteiger partial charge in [-0.1, -0.05) is 72.8 Å². The van der Waals surface area contributed by atoms with Gasteiger partial charge in [0.2, 0.25) is 0 Å². The fraction of sp³-hybridized carbons (Fsp3) is 0.259. The lowest BCUT2D eigenvalue weighted by Gasteiger charge is -2.30. The fourth-order valence-corrected chi connectivity index (χ4v) is 4.34. The number of hydrogen-bond donors (Lipinski definition) is 0. The third-order valence-electron chi connectivity index (χ3n) is 5.74. The summed E-state index contributed by atoms with van der Waals surface area (Å²) in [6, 6.07) is 28.0. The van der Waals surface area contributed by atoms with Gasteiger partial charge in [0.05, 0.1) is 6.04 Å². The molecule has 3 aromatic rings. The average Bonchev–Trinajstić information content (AvgIpc) is 3.15. The van der Waals surface area contributed by atoms with E-state index in [1.54, 1.807) is 6.07 Å². The summed E-state index contributed by atoms with van der Waals surface area (Å²) in [5.74, 6) is 0.246. The molecule has 4 rings (SSSR count). The third-order valence-corrected chi connectivity index (χ3v) is 5.74. The largest absolute Gasteiger partial charge is 0.447 e. The highest BCUT2D eigenvalue weighted by atomic mass is 16.6. The lowest BCUT2D eigenvalue weighted by atomic mass is 9.85. The predicted molar refractivity (Wildman–Crippen MR) is 123 cm³/mol. The smallest absolute Gasteiger partial charge is 0.410 e. The van der Waals surface area contributed by atoms with Gasteiger partial charge in [0, 0.05) is 19.4 Å². The molecule has 0 saturated carbocycles. The van der Waals surface area contributed by atoms with Crippen LogP contribution in [-0.4, -0.2) is 36.2 Å². The number of benzene rings is 3. The molecule has 5 heteroatoms. The van der Waals surface area contributed by atoms with Crippen molar-refractivity contribution in [2.24, 2.45) is 0 Å². The first kappa shape index (κ1) is 21.6. The Morgan fingerprint density at radius 3 is 2.28 bits per heavy atom. The van der Waals surface area contributed by atoms with Gasteiger partial charge < -0.3 is 14.4 Å². The van der Waals surface area contributed by atoms with Gasteiger partial charge in [0.15, 0.2) is 0 Å². The van der Waals surface area contributed by atoms with Crippen molar-refractivity contribution < 1.29 is 19.1 Å². The molecule has 0 spiro atoms. The molecule has 1 saturated heterocycles. The van der Waals surface area contributed by atoms with E-state index in [2.05, 4.69) is 24.3 Å². The van der Waals surface area contributed by atoms with Crippen molar-refractivity contribution >= 4 is 12.1 Å². The van der Waals surface area contributed by atoms with Crippen LogP contribution in [0.25, 0.3) is 0 Å². The van der Waals surface area contributed by atoms with Crippen LogP contribution in [0.2, 0.25) is 0 Å². The van der Waals surface area contributed by atoms with Gasteiger partial charge >= 0.3 is 12.1 Å². The molecule has 1 amide bonds. The van der Waals surface area contributed by atoms with Crippen LogP contribution in [0, 0.1) is 0 Å². The van der Waals surface area contributed by atoms with Gasteiger partial charge in [0.1, 0.15) is 12.4 Å². The number of ether oxygens (including phenoxy) is 2. The SMILES string of the molecule is CC(=O)Oc1cccc(CCCN2C(=O)OCC2C(c2ccccc2)c2ccccc2)c1. The van der Waals surface area contributed by atoms with Gasteiger partial charge in [-0.25, -0.2) is 4.79 Å². The summed E-state index contributed by atoms with van der Waals surface area (Å²) in [6.45, 7) is 2.36. The standard InChI is InChI=1S/C27H27NO4/c1-20(29)32-24-16-8-10-21(18-24)11-9-17-28-25(19-31-27(28)30)26(22-12-4-2-5-13-22)23-14-6-3-7-15-23/h2-8,10,12-16,18,25-26H,9,11,17,19H2,1H3. The monoisotopic (exact) mass is 429 g/mol. The summed E-state index contributed by atoms with van der Waals surface area (Å²) in [6.07, 6.45) is 1.29. The lowest BCUT2D eigenvalue weighted by molar-refractivity contribution is -0.131. The fourth-order valence-electron chi connectivity index (χ4n) is 4.34. The Hall–Kier alpha value is -3.60. The Bertz CT molecular complexity index is 1010. The molecule has 164 valence electrons. The Morgan fingerprint density at radius 1 is 1.00 bits per heavy atom. The van der Waals surface area contributed by atoms with Gasteiger partial charge in [-0.2, -0.15) is 0 Å². The average molecular weight is 430 g/mol. The van der Waals surface area contributed by atoms with E-state index in [1.807, 2.05) is 59.5 Å². The van der Waals surface area contributed by atoms with Gasteiger partial charge in [-0.3, -0.25) is 4.79 Å². The third kappa shape index (κ3) is 5.17. The molecular weight excluding hydrogens is 402 g/mol. The molecule has 32 heavy (non-hydrogen) atoms. The number of cyclic esters (lactones) is 1. The number of rotatable bonds is 8.